The molecule has 1 aromatic carbocycles. The van der Waals surface area contributed by atoms with Crippen LogP contribution in [0.3, 0.4) is 0 Å². The van der Waals surface area contributed by atoms with Gasteiger partial charge in [0, 0.05) is 54.8 Å². The predicted octanol–water partition coefficient (Wildman–Crippen LogP) is 6.63. The van der Waals surface area contributed by atoms with E-state index in [0.717, 1.165) is 32.7 Å². The van der Waals surface area contributed by atoms with Crippen LogP contribution in [-0.2, 0) is 7.05 Å². The first-order valence-electron chi connectivity index (χ1n) is 13.9. The first kappa shape index (κ1) is 29.0. The van der Waals surface area contributed by atoms with E-state index in [-0.39, 0.29) is 18.3 Å². The van der Waals surface area contributed by atoms with Gasteiger partial charge in [0.2, 0.25) is 0 Å². The molecular formula is C31H32ClF3N8. The molecule has 0 radical (unpaired) electrons. The minimum absolute atomic E-state index is 0.0143. The molecule has 1 fully saturated rings. The number of terminal acetylenes is 1. The molecule has 0 spiro atoms. The maximum absolute atomic E-state index is 14.0. The highest BCUT2D eigenvalue weighted by molar-refractivity contribution is 6.35. The Morgan fingerprint density at radius 2 is 1.93 bits per heavy atom. The monoisotopic (exact) mass is 608 g/mol. The van der Waals surface area contributed by atoms with Gasteiger partial charge < -0.3 is 20.6 Å². The SMILES string of the molecule is C#Cc1cnc2c(Cl)cc(N[C@H](C3=CN(C4(C(F)(F)F)CC4)NN3)c3ccnc4c3ccn4C)cc2c1NCC(C)(C)C. The molecule has 12 heteroatoms. The van der Waals surface area contributed by atoms with E-state index in [2.05, 4.69) is 58.3 Å². The summed E-state index contributed by atoms with van der Waals surface area (Å²) < 4.78 is 43.8. The van der Waals surface area contributed by atoms with Crippen molar-refractivity contribution in [1.29, 1.82) is 0 Å². The number of hydrazine groups is 2. The summed E-state index contributed by atoms with van der Waals surface area (Å²) in [6, 6.07) is 6.87. The Balaban J connectivity index is 1.46. The summed E-state index contributed by atoms with van der Waals surface area (Å²) in [5.41, 5.74) is 8.41. The Bertz CT molecular complexity index is 1790. The van der Waals surface area contributed by atoms with Crippen molar-refractivity contribution in [2.24, 2.45) is 12.5 Å². The Hall–Kier alpha value is -4.14. The first-order valence-corrected chi connectivity index (χ1v) is 14.3. The van der Waals surface area contributed by atoms with Crippen molar-refractivity contribution < 1.29 is 13.2 Å². The zero-order valence-electron chi connectivity index (χ0n) is 24.2. The van der Waals surface area contributed by atoms with Crippen molar-refractivity contribution in [2.45, 2.75) is 51.4 Å². The van der Waals surface area contributed by atoms with E-state index in [0.29, 0.717) is 34.0 Å². The minimum atomic E-state index is -4.38. The number of aryl methyl sites for hydroxylation is 1. The third kappa shape index (κ3) is 5.19. The quantitative estimate of drug-likeness (QED) is 0.175. The number of halogens is 4. The molecule has 1 aliphatic carbocycles. The second kappa shape index (κ2) is 10.2. The van der Waals surface area contributed by atoms with Gasteiger partial charge in [0.1, 0.15) is 5.65 Å². The van der Waals surface area contributed by atoms with Crippen LogP contribution in [0.25, 0.3) is 21.9 Å². The second-order valence-corrected chi connectivity index (χ2v) is 12.7. The number of pyridine rings is 2. The third-order valence-electron chi connectivity index (χ3n) is 7.91. The minimum Gasteiger partial charge on any atom is -0.383 e. The standard InChI is InChI=1S/C31H32ClF3N8/c1-6-18-15-37-26-22(25(18)38-17-29(2,3)4)13-19(14-23(26)32)39-27(20-7-11-36-28-21(20)8-12-42(28)5)24-16-43(41-40-24)30(9-10-30)31(33,34)35/h1,7-8,11-16,27,39-41H,9-10,17H2,2-5H3,(H,37,38)/t27-/m0/s1. The van der Waals surface area contributed by atoms with Crippen LogP contribution in [0.2, 0.25) is 5.02 Å². The normalized spacial score (nSPS) is 17.0. The van der Waals surface area contributed by atoms with E-state index in [1.807, 2.05) is 36.0 Å². The number of aromatic nitrogens is 3. The molecule has 1 aliphatic heterocycles. The second-order valence-electron chi connectivity index (χ2n) is 12.3. The number of rotatable bonds is 7. The molecule has 0 unspecified atom stereocenters. The predicted molar refractivity (Wildman–Crippen MR) is 164 cm³/mol. The van der Waals surface area contributed by atoms with Crippen LogP contribution in [-0.4, -0.2) is 37.8 Å². The fourth-order valence-electron chi connectivity index (χ4n) is 5.41. The molecule has 4 aromatic rings. The molecular weight excluding hydrogens is 577 g/mol. The fourth-order valence-corrected chi connectivity index (χ4v) is 5.68. The van der Waals surface area contributed by atoms with Crippen LogP contribution < -0.4 is 21.6 Å². The summed E-state index contributed by atoms with van der Waals surface area (Å²) in [4.78, 5) is 9.03. The van der Waals surface area contributed by atoms with E-state index < -0.39 is 17.8 Å². The van der Waals surface area contributed by atoms with Crippen molar-refractivity contribution in [1.82, 2.24) is 30.5 Å². The van der Waals surface area contributed by atoms with Crippen LogP contribution in [0.1, 0.15) is 50.8 Å². The van der Waals surface area contributed by atoms with Crippen molar-refractivity contribution in [3.8, 4) is 12.3 Å². The number of fused-ring (bicyclic) bond motifs is 2. The molecule has 6 rings (SSSR count). The number of nitrogens with one attached hydrogen (secondary N) is 4. The molecule has 43 heavy (non-hydrogen) atoms. The van der Waals surface area contributed by atoms with Gasteiger partial charge in [-0.3, -0.25) is 9.99 Å². The van der Waals surface area contributed by atoms with Gasteiger partial charge in [-0.15, -0.1) is 12.0 Å². The van der Waals surface area contributed by atoms with E-state index in [1.54, 1.807) is 18.5 Å². The number of nitrogens with zero attached hydrogens (tertiary/aromatic N) is 4. The highest BCUT2D eigenvalue weighted by Crippen LogP contribution is 2.54. The van der Waals surface area contributed by atoms with Crippen LogP contribution >= 0.6 is 11.6 Å². The molecule has 2 aliphatic rings. The Morgan fingerprint density at radius 3 is 2.60 bits per heavy atom. The van der Waals surface area contributed by atoms with Crippen molar-refractivity contribution in [2.75, 3.05) is 17.2 Å². The van der Waals surface area contributed by atoms with E-state index in [1.165, 1.54) is 6.20 Å². The van der Waals surface area contributed by atoms with Crippen molar-refractivity contribution >= 4 is 44.9 Å². The average molecular weight is 609 g/mol. The van der Waals surface area contributed by atoms with Gasteiger partial charge >= 0.3 is 6.18 Å². The molecule has 4 heterocycles. The summed E-state index contributed by atoms with van der Waals surface area (Å²) >= 11 is 6.78. The lowest BCUT2D eigenvalue weighted by atomic mass is 9.96. The van der Waals surface area contributed by atoms with E-state index in [4.69, 9.17) is 18.0 Å². The first-order chi connectivity index (χ1) is 20.3. The molecule has 1 atom stereocenters. The molecule has 0 bridgehead atoms. The molecule has 224 valence electrons. The molecule has 8 nitrogen and oxygen atoms in total. The van der Waals surface area contributed by atoms with Gasteiger partial charge in [0.15, 0.2) is 5.54 Å². The zero-order valence-corrected chi connectivity index (χ0v) is 25.0. The van der Waals surface area contributed by atoms with Crippen LogP contribution in [0.4, 0.5) is 24.5 Å². The van der Waals surface area contributed by atoms with Gasteiger partial charge in [-0.1, -0.05) is 38.3 Å². The Labute approximate surface area is 252 Å². The lowest BCUT2D eigenvalue weighted by Crippen LogP contribution is -2.52. The van der Waals surface area contributed by atoms with Crippen LogP contribution in [0, 0.1) is 17.8 Å². The molecule has 4 N–H and O–H groups in total. The number of alkyl halides is 3. The Kier molecular flexibility index (Phi) is 6.90. The van der Waals surface area contributed by atoms with Gasteiger partial charge in [0.05, 0.1) is 33.5 Å². The van der Waals surface area contributed by atoms with Crippen molar-refractivity contribution in [3.05, 3.63) is 70.9 Å². The fraction of sp³-hybridized carbons (Fsp3) is 0.355. The lowest BCUT2D eigenvalue weighted by Gasteiger charge is -2.28. The summed E-state index contributed by atoms with van der Waals surface area (Å²) in [7, 11) is 1.89. The molecule has 3 aromatic heterocycles. The highest BCUT2D eigenvalue weighted by atomic mass is 35.5. The number of hydrogen-bond acceptors (Lipinski definition) is 7. The lowest BCUT2D eigenvalue weighted by molar-refractivity contribution is -0.195. The zero-order chi connectivity index (χ0) is 30.7. The highest BCUT2D eigenvalue weighted by Gasteiger charge is 2.67. The van der Waals surface area contributed by atoms with E-state index in [9.17, 15) is 13.2 Å². The summed E-state index contributed by atoms with van der Waals surface area (Å²) in [6.07, 6.45) is 8.19. The largest absolute Gasteiger partial charge is 0.413 e. The smallest absolute Gasteiger partial charge is 0.383 e. The molecule has 0 saturated heterocycles. The summed E-state index contributed by atoms with van der Waals surface area (Å²) in [5.74, 6) is 2.71. The number of hydrogen-bond donors (Lipinski definition) is 4. The average Bonchev–Trinajstić information content (AvgIpc) is 3.49. The van der Waals surface area contributed by atoms with Crippen LogP contribution in [0.5, 0.6) is 0 Å². The molecule has 0 amide bonds. The summed E-state index contributed by atoms with van der Waals surface area (Å²) in [5, 5.41) is 10.1. The molecule has 1 saturated carbocycles. The van der Waals surface area contributed by atoms with Crippen LogP contribution in [0.15, 0.2) is 54.8 Å². The third-order valence-corrected chi connectivity index (χ3v) is 8.20. The number of benzene rings is 1. The Morgan fingerprint density at radius 1 is 1.16 bits per heavy atom. The maximum atomic E-state index is 14.0. The topological polar surface area (TPSA) is 82.1 Å². The van der Waals surface area contributed by atoms with Gasteiger partial charge in [-0.05, 0) is 48.1 Å². The van der Waals surface area contributed by atoms with E-state index >= 15 is 0 Å². The van der Waals surface area contributed by atoms with Gasteiger partial charge in [-0.25, -0.2) is 4.98 Å². The number of anilines is 2. The maximum Gasteiger partial charge on any atom is 0.413 e. The van der Waals surface area contributed by atoms with Gasteiger partial charge in [0.25, 0.3) is 0 Å². The van der Waals surface area contributed by atoms with Crippen molar-refractivity contribution in [3.63, 3.8) is 0 Å². The summed E-state index contributed by atoms with van der Waals surface area (Å²) in [6.45, 7) is 7.01. The van der Waals surface area contributed by atoms with Gasteiger partial charge in [-0.2, -0.15) is 13.2 Å².